The molecule has 146 valence electrons. The van der Waals surface area contributed by atoms with Crippen LogP contribution < -0.4 is 5.32 Å². The first-order chi connectivity index (χ1) is 13.3. The lowest BCUT2D eigenvalue weighted by atomic mass is 10.0. The Morgan fingerprint density at radius 2 is 1.68 bits per heavy atom. The van der Waals surface area contributed by atoms with Gasteiger partial charge in [0.1, 0.15) is 5.60 Å². The van der Waals surface area contributed by atoms with E-state index in [1.165, 1.54) is 0 Å². The summed E-state index contributed by atoms with van der Waals surface area (Å²) in [5.74, 6) is -0.138. The average molecular weight is 378 g/mol. The molecule has 0 spiro atoms. The Labute approximate surface area is 166 Å². The number of rotatable bonds is 3. The van der Waals surface area contributed by atoms with E-state index in [-0.39, 0.29) is 12.0 Å². The average Bonchev–Trinajstić information content (AvgIpc) is 2.68. The number of amides is 2. The van der Waals surface area contributed by atoms with E-state index in [1.54, 1.807) is 17.0 Å². The topological polar surface area (TPSA) is 58.6 Å². The molecule has 28 heavy (non-hydrogen) atoms. The maximum atomic E-state index is 12.3. The fraction of sp³-hybridized carbons (Fsp3) is 0.304. The molecule has 5 heteroatoms. The molecular formula is C23H26N2O3. The van der Waals surface area contributed by atoms with Gasteiger partial charge >= 0.3 is 6.09 Å². The van der Waals surface area contributed by atoms with Crippen molar-refractivity contribution in [3.63, 3.8) is 0 Å². The molecule has 2 aromatic carbocycles. The van der Waals surface area contributed by atoms with Crippen LogP contribution in [0.25, 0.3) is 5.57 Å². The molecule has 1 aliphatic rings. The van der Waals surface area contributed by atoms with Crippen LogP contribution in [0.2, 0.25) is 0 Å². The molecule has 2 aromatic rings. The summed E-state index contributed by atoms with van der Waals surface area (Å²) in [5, 5.41) is 2.90. The molecule has 1 N–H and O–H groups in total. The molecule has 2 amide bonds. The van der Waals surface area contributed by atoms with Crippen molar-refractivity contribution in [3.8, 4) is 0 Å². The van der Waals surface area contributed by atoms with Gasteiger partial charge in [0, 0.05) is 24.3 Å². The number of hydrogen-bond acceptors (Lipinski definition) is 3. The van der Waals surface area contributed by atoms with Crippen LogP contribution in [0, 0.1) is 0 Å². The van der Waals surface area contributed by atoms with Crippen molar-refractivity contribution >= 4 is 23.3 Å². The molecule has 0 bridgehead atoms. The third kappa shape index (κ3) is 5.22. The third-order valence-corrected chi connectivity index (χ3v) is 4.35. The lowest BCUT2D eigenvalue weighted by molar-refractivity contribution is 0.0273. The van der Waals surface area contributed by atoms with E-state index in [1.807, 2.05) is 63.2 Å². The molecule has 1 aliphatic heterocycles. The SMILES string of the molecule is CC(C)(C)OC(=O)N1CCC=C(c2ccc(NC(=O)c3ccccc3)cc2)C1. The number of anilines is 1. The van der Waals surface area contributed by atoms with Crippen LogP contribution in [-0.4, -0.2) is 35.6 Å². The molecule has 0 aliphatic carbocycles. The van der Waals surface area contributed by atoms with Crippen LogP contribution in [-0.2, 0) is 4.74 Å². The van der Waals surface area contributed by atoms with Crippen molar-refractivity contribution in [1.29, 1.82) is 0 Å². The molecule has 0 atom stereocenters. The number of nitrogens with one attached hydrogen (secondary N) is 1. The largest absolute Gasteiger partial charge is 0.444 e. The molecule has 0 saturated heterocycles. The van der Waals surface area contributed by atoms with Crippen LogP contribution >= 0.6 is 0 Å². The van der Waals surface area contributed by atoms with E-state index in [4.69, 9.17) is 4.74 Å². The number of nitrogens with zero attached hydrogens (tertiary/aromatic N) is 1. The minimum Gasteiger partial charge on any atom is -0.444 e. The Morgan fingerprint density at radius 1 is 1.00 bits per heavy atom. The second kappa shape index (κ2) is 8.30. The van der Waals surface area contributed by atoms with Gasteiger partial charge in [-0.2, -0.15) is 0 Å². The molecule has 0 unspecified atom stereocenters. The number of benzene rings is 2. The van der Waals surface area contributed by atoms with Gasteiger partial charge < -0.3 is 15.0 Å². The first kappa shape index (κ1) is 19.7. The van der Waals surface area contributed by atoms with Crippen molar-refractivity contribution in [1.82, 2.24) is 4.90 Å². The molecule has 0 saturated carbocycles. The maximum absolute atomic E-state index is 12.3. The zero-order valence-electron chi connectivity index (χ0n) is 16.6. The number of carbonyl (C=O) groups is 2. The predicted octanol–water partition coefficient (Wildman–Crippen LogP) is 4.96. The van der Waals surface area contributed by atoms with Crippen LogP contribution in [0.5, 0.6) is 0 Å². The molecule has 3 rings (SSSR count). The monoisotopic (exact) mass is 378 g/mol. The highest BCUT2D eigenvalue weighted by atomic mass is 16.6. The molecule has 1 heterocycles. The number of carbonyl (C=O) groups excluding carboxylic acids is 2. The lowest BCUT2D eigenvalue weighted by Gasteiger charge is -2.30. The van der Waals surface area contributed by atoms with Gasteiger partial charge in [0.2, 0.25) is 0 Å². The molecule has 5 nitrogen and oxygen atoms in total. The van der Waals surface area contributed by atoms with Crippen molar-refractivity contribution < 1.29 is 14.3 Å². The third-order valence-electron chi connectivity index (χ3n) is 4.35. The second-order valence-electron chi connectivity index (χ2n) is 7.82. The zero-order chi connectivity index (χ0) is 20.1. The van der Waals surface area contributed by atoms with Gasteiger partial charge in [0.15, 0.2) is 0 Å². The molecule has 0 radical (unpaired) electrons. The Hall–Kier alpha value is -3.08. The van der Waals surface area contributed by atoms with Gasteiger partial charge in [0.05, 0.1) is 0 Å². The summed E-state index contributed by atoms with van der Waals surface area (Å²) in [6, 6.07) is 16.8. The summed E-state index contributed by atoms with van der Waals surface area (Å²) in [4.78, 5) is 26.3. The van der Waals surface area contributed by atoms with Crippen molar-refractivity contribution in [2.45, 2.75) is 32.8 Å². The summed E-state index contributed by atoms with van der Waals surface area (Å²) >= 11 is 0. The minimum absolute atomic E-state index is 0.138. The standard InChI is InChI=1S/C23H26N2O3/c1-23(2,3)28-22(27)25-15-7-10-19(16-25)17-11-13-20(14-12-17)24-21(26)18-8-5-4-6-9-18/h4-6,8-14H,7,15-16H2,1-3H3,(H,24,26). The highest BCUT2D eigenvalue weighted by Gasteiger charge is 2.24. The molecule has 0 fully saturated rings. The fourth-order valence-corrected chi connectivity index (χ4v) is 3.00. The molecule has 0 aromatic heterocycles. The van der Waals surface area contributed by atoms with Gasteiger partial charge in [-0.3, -0.25) is 4.79 Å². The van der Waals surface area contributed by atoms with Gasteiger partial charge in [-0.15, -0.1) is 0 Å². The van der Waals surface area contributed by atoms with Crippen LogP contribution in [0.4, 0.5) is 10.5 Å². The predicted molar refractivity (Wildman–Crippen MR) is 111 cm³/mol. The quantitative estimate of drug-likeness (QED) is 0.821. The summed E-state index contributed by atoms with van der Waals surface area (Å²) in [6.07, 6.45) is 2.66. The van der Waals surface area contributed by atoms with E-state index < -0.39 is 5.60 Å². The Kier molecular flexibility index (Phi) is 5.83. The van der Waals surface area contributed by atoms with Gasteiger partial charge in [-0.1, -0.05) is 36.4 Å². The van der Waals surface area contributed by atoms with E-state index in [0.29, 0.717) is 18.7 Å². The second-order valence-corrected chi connectivity index (χ2v) is 7.82. The van der Waals surface area contributed by atoms with Crippen LogP contribution in [0.3, 0.4) is 0 Å². The first-order valence-corrected chi connectivity index (χ1v) is 9.46. The summed E-state index contributed by atoms with van der Waals surface area (Å²) in [6.45, 7) is 6.78. The first-order valence-electron chi connectivity index (χ1n) is 9.46. The zero-order valence-corrected chi connectivity index (χ0v) is 16.6. The Balaban J connectivity index is 1.64. The van der Waals surface area contributed by atoms with Crippen molar-refractivity contribution in [3.05, 3.63) is 71.8 Å². The van der Waals surface area contributed by atoms with Gasteiger partial charge in [0.25, 0.3) is 5.91 Å². The van der Waals surface area contributed by atoms with Gasteiger partial charge in [-0.05, 0) is 62.6 Å². The summed E-state index contributed by atoms with van der Waals surface area (Å²) < 4.78 is 5.48. The molecular weight excluding hydrogens is 352 g/mol. The van der Waals surface area contributed by atoms with E-state index >= 15 is 0 Å². The number of hydrogen-bond donors (Lipinski definition) is 1. The normalized spacial score (nSPS) is 14.2. The summed E-state index contributed by atoms with van der Waals surface area (Å²) in [5.41, 5.74) is 2.97. The smallest absolute Gasteiger partial charge is 0.410 e. The fourth-order valence-electron chi connectivity index (χ4n) is 3.00. The Bertz CT molecular complexity index is 865. The van der Waals surface area contributed by atoms with E-state index in [2.05, 4.69) is 11.4 Å². The minimum atomic E-state index is -0.503. The van der Waals surface area contributed by atoms with Crippen LogP contribution in [0.1, 0.15) is 43.1 Å². The number of ether oxygens (including phenoxy) is 1. The Morgan fingerprint density at radius 3 is 2.32 bits per heavy atom. The lowest BCUT2D eigenvalue weighted by Crippen LogP contribution is -2.39. The van der Waals surface area contributed by atoms with Crippen molar-refractivity contribution in [2.75, 3.05) is 18.4 Å². The highest BCUT2D eigenvalue weighted by molar-refractivity contribution is 6.04. The van der Waals surface area contributed by atoms with E-state index in [0.717, 1.165) is 23.2 Å². The van der Waals surface area contributed by atoms with E-state index in [9.17, 15) is 9.59 Å². The van der Waals surface area contributed by atoms with Crippen molar-refractivity contribution in [2.24, 2.45) is 0 Å². The van der Waals surface area contributed by atoms with Crippen LogP contribution in [0.15, 0.2) is 60.7 Å². The maximum Gasteiger partial charge on any atom is 0.410 e. The summed E-state index contributed by atoms with van der Waals surface area (Å²) in [7, 11) is 0. The van der Waals surface area contributed by atoms with Gasteiger partial charge in [-0.25, -0.2) is 4.79 Å². The highest BCUT2D eigenvalue weighted by Crippen LogP contribution is 2.24.